The van der Waals surface area contributed by atoms with Gasteiger partial charge in [-0.15, -0.1) is 0 Å². The fourth-order valence-corrected chi connectivity index (χ4v) is 2.84. The van der Waals surface area contributed by atoms with Crippen molar-refractivity contribution in [3.8, 4) is 41.1 Å². The number of nitrogens with zero attached hydrogens (tertiary/aromatic N) is 4. The van der Waals surface area contributed by atoms with Crippen LogP contribution in [0.2, 0.25) is 0 Å². The molecule has 0 bridgehead atoms. The fourth-order valence-electron chi connectivity index (χ4n) is 2.84. The molecule has 0 atom stereocenters. The van der Waals surface area contributed by atoms with Gasteiger partial charge in [0.05, 0.1) is 35.8 Å². The Balaban J connectivity index is 2.06. The zero-order chi connectivity index (χ0) is 27.9. The molecule has 1 aromatic heterocycles. The highest BCUT2D eigenvalue weighted by Gasteiger charge is 2.32. The van der Waals surface area contributed by atoms with Crippen LogP contribution in [0.3, 0.4) is 0 Å². The van der Waals surface area contributed by atoms with Gasteiger partial charge in [0.25, 0.3) is 0 Å². The lowest BCUT2D eigenvalue weighted by molar-refractivity contribution is -0.387. The number of aromatic nitrogens is 2. The minimum absolute atomic E-state index is 0.0156. The van der Waals surface area contributed by atoms with Gasteiger partial charge in [-0.05, 0) is 43.3 Å². The van der Waals surface area contributed by atoms with Crippen LogP contribution < -0.4 is 18.9 Å². The maximum absolute atomic E-state index is 12.9. The average Bonchev–Trinajstić information content (AvgIpc) is 2.86. The Morgan fingerprint density at radius 2 is 1.71 bits per heavy atom. The molecule has 0 aliphatic heterocycles. The van der Waals surface area contributed by atoms with Crippen LogP contribution in [0.5, 0.6) is 35.0 Å². The van der Waals surface area contributed by atoms with E-state index in [0.717, 1.165) is 24.3 Å². The Kier molecular flexibility index (Phi) is 8.48. The summed E-state index contributed by atoms with van der Waals surface area (Å²) in [6, 6.07) is 8.64. The molecule has 0 aliphatic rings. The molecular weight excluding hydrogens is 517 g/mol. The molecule has 0 fully saturated rings. The number of nitro groups is 1. The molecule has 1 heterocycles. The molecule has 0 N–H and O–H groups in total. The molecule has 0 saturated heterocycles. The predicted octanol–water partition coefficient (Wildman–Crippen LogP) is 4.81. The fraction of sp³-hybridized carbons (Fsp3) is 0.217. The number of esters is 1. The van der Waals surface area contributed by atoms with E-state index in [0.29, 0.717) is 0 Å². The molecule has 0 spiro atoms. The van der Waals surface area contributed by atoms with Crippen LogP contribution in [0.4, 0.5) is 18.9 Å². The number of rotatable bonds is 10. The van der Waals surface area contributed by atoms with Crippen molar-refractivity contribution < 1.29 is 46.6 Å². The van der Waals surface area contributed by atoms with E-state index in [1.165, 1.54) is 32.2 Å². The zero-order valence-corrected chi connectivity index (χ0v) is 19.6. The van der Waals surface area contributed by atoms with Crippen LogP contribution >= 0.6 is 0 Å². The topological polar surface area (TPSA) is 156 Å². The Hall–Kier alpha value is -5.13. The highest BCUT2D eigenvalue weighted by Crippen LogP contribution is 2.40. The van der Waals surface area contributed by atoms with Crippen molar-refractivity contribution in [2.75, 3.05) is 20.3 Å². The number of ether oxygens (including phenoxy) is 5. The summed E-state index contributed by atoms with van der Waals surface area (Å²) < 4.78 is 64.5. The number of alkyl halides is 3. The quantitative estimate of drug-likeness (QED) is 0.200. The van der Waals surface area contributed by atoms with E-state index in [-0.39, 0.29) is 29.4 Å². The van der Waals surface area contributed by atoms with Gasteiger partial charge in [0.15, 0.2) is 6.61 Å². The smallest absolute Gasteiger partial charge is 0.416 e. The minimum Gasteiger partial charge on any atom is -0.497 e. The Morgan fingerprint density at radius 3 is 2.29 bits per heavy atom. The third-order valence-corrected chi connectivity index (χ3v) is 4.46. The summed E-state index contributed by atoms with van der Waals surface area (Å²) in [7, 11) is 1.32. The molecule has 15 heteroatoms. The first-order chi connectivity index (χ1) is 18.0. The van der Waals surface area contributed by atoms with Gasteiger partial charge in [-0.1, -0.05) is 0 Å². The summed E-state index contributed by atoms with van der Waals surface area (Å²) in [5.74, 6) is -2.39. The molecule has 3 aromatic rings. The van der Waals surface area contributed by atoms with Gasteiger partial charge >= 0.3 is 35.6 Å². The van der Waals surface area contributed by atoms with E-state index < -0.39 is 52.7 Å². The van der Waals surface area contributed by atoms with Crippen molar-refractivity contribution in [3.63, 3.8) is 0 Å². The third-order valence-electron chi connectivity index (χ3n) is 4.46. The molecule has 0 unspecified atom stereocenters. The van der Waals surface area contributed by atoms with Gasteiger partial charge in [0.1, 0.15) is 17.2 Å². The third kappa shape index (κ3) is 6.97. The number of halogens is 3. The number of benzene rings is 2. The highest BCUT2D eigenvalue weighted by atomic mass is 19.4. The van der Waals surface area contributed by atoms with E-state index in [1.807, 2.05) is 6.07 Å². The lowest BCUT2D eigenvalue weighted by Gasteiger charge is -2.12. The van der Waals surface area contributed by atoms with Crippen molar-refractivity contribution in [2.24, 2.45) is 0 Å². The standard InChI is InChI=1S/C23H17F3N4O8/c1-3-35-18(31)12-36-20-19(30(32)33)21(37-17-9-13(11-27)8-16(10-17)34-2)29-22(28-20)38-15-6-4-14(5-7-15)23(24,25)26/h4-10H,3,12H2,1-2H3. The lowest BCUT2D eigenvalue weighted by atomic mass is 10.2. The number of nitriles is 1. The Morgan fingerprint density at radius 1 is 1.05 bits per heavy atom. The van der Waals surface area contributed by atoms with Crippen molar-refractivity contribution >= 4 is 11.7 Å². The second-order valence-electron chi connectivity index (χ2n) is 7.05. The SMILES string of the molecule is CCOC(=O)COc1nc(Oc2ccc(C(F)(F)F)cc2)nc(Oc2cc(C#N)cc(OC)c2)c1[N+](=O)[O-]. The maximum atomic E-state index is 12.9. The highest BCUT2D eigenvalue weighted by molar-refractivity contribution is 5.71. The molecule has 0 amide bonds. The number of hydrogen-bond acceptors (Lipinski definition) is 11. The molecule has 198 valence electrons. The van der Waals surface area contributed by atoms with E-state index in [4.69, 9.17) is 23.7 Å². The Bertz CT molecular complexity index is 1370. The summed E-state index contributed by atoms with van der Waals surface area (Å²) in [5, 5.41) is 21.1. The van der Waals surface area contributed by atoms with E-state index >= 15 is 0 Å². The largest absolute Gasteiger partial charge is 0.497 e. The summed E-state index contributed by atoms with van der Waals surface area (Å²) >= 11 is 0. The van der Waals surface area contributed by atoms with Crippen LogP contribution in [0.25, 0.3) is 0 Å². The molecule has 0 aliphatic carbocycles. The van der Waals surface area contributed by atoms with Gasteiger partial charge < -0.3 is 23.7 Å². The van der Waals surface area contributed by atoms with Crippen LogP contribution in [0, 0.1) is 21.4 Å². The van der Waals surface area contributed by atoms with Crippen LogP contribution in [0.15, 0.2) is 42.5 Å². The molecule has 3 rings (SSSR count). The van der Waals surface area contributed by atoms with Crippen molar-refractivity contribution in [1.29, 1.82) is 5.26 Å². The summed E-state index contributed by atoms with van der Waals surface area (Å²) in [5.41, 5.74) is -1.75. The zero-order valence-electron chi connectivity index (χ0n) is 19.6. The second-order valence-corrected chi connectivity index (χ2v) is 7.05. The van der Waals surface area contributed by atoms with Crippen molar-refractivity contribution in [3.05, 3.63) is 63.7 Å². The van der Waals surface area contributed by atoms with E-state index in [1.54, 1.807) is 0 Å². The average molecular weight is 534 g/mol. The molecule has 12 nitrogen and oxygen atoms in total. The second kappa shape index (κ2) is 11.7. The maximum Gasteiger partial charge on any atom is 0.416 e. The van der Waals surface area contributed by atoms with Crippen LogP contribution in [0.1, 0.15) is 18.1 Å². The summed E-state index contributed by atoms with van der Waals surface area (Å²) in [6.45, 7) is 0.779. The molecule has 0 radical (unpaired) electrons. The van der Waals surface area contributed by atoms with Gasteiger partial charge in [0, 0.05) is 6.07 Å². The van der Waals surface area contributed by atoms with E-state index in [2.05, 4.69) is 9.97 Å². The number of carbonyl (C=O) groups excluding carboxylic acids is 1. The monoisotopic (exact) mass is 534 g/mol. The Labute approximate surface area is 212 Å². The predicted molar refractivity (Wildman–Crippen MR) is 120 cm³/mol. The minimum atomic E-state index is -4.59. The van der Waals surface area contributed by atoms with Crippen molar-refractivity contribution in [1.82, 2.24) is 9.97 Å². The first-order valence-corrected chi connectivity index (χ1v) is 10.5. The van der Waals surface area contributed by atoms with Crippen LogP contribution in [-0.4, -0.2) is 41.2 Å². The normalized spacial score (nSPS) is 10.7. The van der Waals surface area contributed by atoms with Crippen LogP contribution in [-0.2, 0) is 15.7 Å². The summed E-state index contributed by atoms with van der Waals surface area (Å²) in [6.07, 6.45) is -4.59. The van der Waals surface area contributed by atoms with Gasteiger partial charge in [-0.25, -0.2) is 4.79 Å². The van der Waals surface area contributed by atoms with E-state index in [9.17, 15) is 33.3 Å². The number of hydrogen-bond donors (Lipinski definition) is 0. The molecular formula is C23H17F3N4O8. The first kappa shape index (κ1) is 27.5. The summed E-state index contributed by atoms with van der Waals surface area (Å²) in [4.78, 5) is 30.3. The first-order valence-electron chi connectivity index (χ1n) is 10.5. The molecule has 38 heavy (non-hydrogen) atoms. The van der Waals surface area contributed by atoms with Gasteiger partial charge in [0.2, 0.25) is 0 Å². The molecule has 0 saturated carbocycles. The number of carbonyl (C=O) groups is 1. The van der Waals surface area contributed by atoms with Gasteiger partial charge in [-0.2, -0.15) is 28.4 Å². The number of methoxy groups -OCH3 is 1. The lowest BCUT2D eigenvalue weighted by Crippen LogP contribution is -2.16. The van der Waals surface area contributed by atoms with Gasteiger partial charge in [-0.3, -0.25) is 10.1 Å². The van der Waals surface area contributed by atoms with Crippen molar-refractivity contribution in [2.45, 2.75) is 13.1 Å². The molecule has 2 aromatic carbocycles.